The predicted octanol–water partition coefficient (Wildman–Crippen LogP) is 3.51. The van der Waals surface area contributed by atoms with Crippen molar-refractivity contribution in [1.29, 1.82) is 0 Å². The third-order valence-corrected chi connectivity index (χ3v) is 7.46. The molecule has 0 radical (unpaired) electrons. The van der Waals surface area contributed by atoms with E-state index in [4.69, 9.17) is 0 Å². The number of anilines is 1. The van der Waals surface area contributed by atoms with Crippen LogP contribution in [0, 0.1) is 10.1 Å². The molecule has 0 saturated carbocycles. The highest BCUT2D eigenvalue weighted by atomic mass is 79.9. The number of likely N-dealkylation sites (N-methyl/N-ethyl adjacent to an activating group) is 1. The summed E-state index contributed by atoms with van der Waals surface area (Å²) in [5.74, 6) is -1.06. The second-order valence-electron chi connectivity index (χ2n) is 8.51. The molecule has 0 aromatic heterocycles. The molecule has 200 valence electrons. The summed E-state index contributed by atoms with van der Waals surface area (Å²) in [5.41, 5.74) is 1.19. The highest BCUT2D eigenvalue weighted by Crippen LogP contribution is 2.24. The number of halogens is 1. The molecule has 1 N–H and O–H groups in total. The molecule has 0 spiro atoms. The van der Waals surface area contributed by atoms with E-state index in [-0.39, 0.29) is 24.3 Å². The number of non-ortho nitro benzene ring substituents is 1. The lowest BCUT2D eigenvalue weighted by Crippen LogP contribution is -2.52. The van der Waals surface area contributed by atoms with Gasteiger partial charge in [0.25, 0.3) is 5.69 Å². The summed E-state index contributed by atoms with van der Waals surface area (Å²) in [6.07, 6.45) is 1.11. The molecule has 0 heterocycles. The molecule has 0 aliphatic carbocycles. The van der Waals surface area contributed by atoms with Gasteiger partial charge in [-0.2, -0.15) is 0 Å². The molecule has 0 unspecified atom stereocenters. The van der Waals surface area contributed by atoms with Crippen molar-refractivity contribution in [2.24, 2.45) is 0 Å². The Kier molecular flexibility index (Phi) is 9.59. The molecule has 12 heteroatoms. The highest BCUT2D eigenvalue weighted by Gasteiger charge is 2.32. The maximum absolute atomic E-state index is 13.8. The van der Waals surface area contributed by atoms with Crippen molar-refractivity contribution in [3.8, 4) is 0 Å². The van der Waals surface area contributed by atoms with Crippen LogP contribution >= 0.6 is 15.9 Å². The molecule has 10 nitrogen and oxygen atoms in total. The van der Waals surface area contributed by atoms with Gasteiger partial charge in [0.15, 0.2) is 0 Å². The van der Waals surface area contributed by atoms with E-state index < -0.39 is 39.3 Å². The van der Waals surface area contributed by atoms with E-state index in [1.165, 1.54) is 30.1 Å². The van der Waals surface area contributed by atoms with Gasteiger partial charge >= 0.3 is 0 Å². The van der Waals surface area contributed by atoms with E-state index in [0.29, 0.717) is 0 Å². The van der Waals surface area contributed by atoms with Gasteiger partial charge in [-0.05, 0) is 29.3 Å². The van der Waals surface area contributed by atoms with Crippen LogP contribution < -0.4 is 9.62 Å². The zero-order valence-electron chi connectivity index (χ0n) is 20.8. The van der Waals surface area contributed by atoms with Gasteiger partial charge in [-0.3, -0.25) is 24.0 Å². The number of carbonyl (C=O) groups is 2. The van der Waals surface area contributed by atoms with Gasteiger partial charge in [0, 0.05) is 36.6 Å². The second-order valence-corrected chi connectivity index (χ2v) is 11.3. The SMILES string of the molecule is CNC(=O)[C@@H](Cc1ccccc1)N(Cc1ccc(Br)cc1)C(=O)CN(c1cccc([N+](=O)[O-])c1)S(C)(=O)=O. The Morgan fingerprint density at radius 1 is 1.00 bits per heavy atom. The molecule has 3 aromatic rings. The number of amides is 2. The van der Waals surface area contributed by atoms with E-state index in [1.807, 2.05) is 30.3 Å². The van der Waals surface area contributed by atoms with Crippen molar-refractivity contribution >= 4 is 49.1 Å². The number of hydrogen-bond acceptors (Lipinski definition) is 6. The molecule has 3 rings (SSSR count). The fraction of sp³-hybridized carbons (Fsp3) is 0.231. The maximum Gasteiger partial charge on any atom is 0.271 e. The summed E-state index contributed by atoms with van der Waals surface area (Å²) in [6, 6.07) is 20.4. The first-order chi connectivity index (χ1) is 18.0. The lowest BCUT2D eigenvalue weighted by molar-refractivity contribution is -0.384. The Morgan fingerprint density at radius 3 is 2.24 bits per heavy atom. The third-order valence-electron chi connectivity index (χ3n) is 5.79. The lowest BCUT2D eigenvalue weighted by atomic mass is 10.0. The highest BCUT2D eigenvalue weighted by molar-refractivity contribution is 9.10. The van der Waals surface area contributed by atoms with Crippen molar-refractivity contribution in [1.82, 2.24) is 10.2 Å². The average Bonchev–Trinajstić information content (AvgIpc) is 2.89. The molecule has 0 bridgehead atoms. The lowest BCUT2D eigenvalue weighted by Gasteiger charge is -2.33. The Morgan fingerprint density at radius 2 is 1.66 bits per heavy atom. The average molecular weight is 603 g/mol. The predicted molar refractivity (Wildman–Crippen MR) is 148 cm³/mol. The number of rotatable bonds is 11. The number of nitrogens with one attached hydrogen (secondary N) is 1. The Hall–Kier alpha value is -3.77. The first-order valence-electron chi connectivity index (χ1n) is 11.5. The van der Waals surface area contributed by atoms with Crippen molar-refractivity contribution in [3.63, 3.8) is 0 Å². The normalized spacial score (nSPS) is 11.9. The standard InChI is InChI=1S/C26H27BrN4O6S/c1-28-26(33)24(15-19-7-4-3-5-8-19)29(17-20-11-13-21(27)14-12-20)25(32)18-30(38(2,36)37)22-9-6-10-23(16-22)31(34)35/h3-14,16,24H,15,17-18H2,1-2H3,(H,28,33)/t24-/m1/s1. The van der Waals surface area contributed by atoms with Gasteiger partial charge in [-0.25, -0.2) is 8.42 Å². The van der Waals surface area contributed by atoms with Crippen molar-refractivity contribution < 1.29 is 22.9 Å². The van der Waals surface area contributed by atoms with Crippen LogP contribution in [0.15, 0.2) is 83.3 Å². The Bertz CT molecular complexity index is 1400. The zero-order valence-corrected chi connectivity index (χ0v) is 23.2. The fourth-order valence-corrected chi connectivity index (χ4v) is 4.99. The smallest absolute Gasteiger partial charge is 0.271 e. The third kappa shape index (κ3) is 7.62. The number of nitro groups is 1. The molecular weight excluding hydrogens is 576 g/mol. The van der Waals surface area contributed by atoms with Gasteiger partial charge < -0.3 is 10.2 Å². The summed E-state index contributed by atoms with van der Waals surface area (Å²) >= 11 is 3.38. The summed E-state index contributed by atoms with van der Waals surface area (Å²) < 4.78 is 27.1. The van der Waals surface area contributed by atoms with Crippen molar-refractivity contribution in [2.45, 2.75) is 19.0 Å². The molecular formula is C26H27BrN4O6S. The van der Waals surface area contributed by atoms with Gasteiger partial charge in [-0.15, -0.1) is 0 Å². The second kappa shape index (κ2) is 12.7. The van der Waals surface area contributed by atoms with Crippen LogP contribution in [0.4, 0.5) is 11.4 Å². The van der Waals surface area contributed by atoms with Crippen LogP contribution in [0.3, 0.4) is 0 Å². The van der Waals surface area contributed by atoms with E-state index in [2.05, 4.69) is 21.2 Å². The minimum atomic E-state index is -4.02. The van der Waals surface area contributed by atoms with Crippen molar-refractivity contribution in [3.05, 3.63) is 105 Å². The summed E-state index contributed by atoms with van der Waals surface area (Å²) in [7, 11) is -2.55. The molecule has 1 atom stereocenters. The van der Waals surface area contributed by atoms with E-state index in [0.717, 1.165) is 32.2 Å². The van der Waals surface area contributed by atoms with Crippen LogP contribution in [0.5, 0.6) is 0 Å². The topological polar surface area (TPSA) is 130 Å². The van der Waals surface area contributed by atoms with Gasteiger partial charge in [-0.1, -0.05) is 64.5 Å². The summed E-state index contributed by atoms with van der Waals surface area (Å²) in [6.45, 7) is -0.623. The molecule has 38 heavy (non-hydrogen) atoms. The zero-order chi connectivity index (χ0) is 27.9. The number of carbonyl (C=O) groups excluding carboxylic acids is 2. The summed E-state index contributed by atoms with van der Waals surface area (Å²) in [5, 5.41) is 13.9. The number of hydrogen-bond donors (Lipinski definition) is 1. The van der Waals surface area contributed by atoms with E-state index in [9.17, 15) is 28.1 Å². The summed E-state index contributed by atoms with van der Waals surface area (Å²) in [4.78, 5) is 38.8. The minimum absolute atomic E-state index is 0.0294. The maximum atomic E-state index is 13.8. The van der Waals surface area contributed by atoms with Gasteiger partial charge in [0.1, 0.15) is 12.6 Å². The molecule has 0 saturated heterocycles. The van der Waals surface area contributed by atoms with Gasteiger partial charge in [0.05, 0.1) is 16.9 Å². The molecule has 3 aromatic carbocycles. The molecule has 2 amide bonds. The quantitative estimate of drug-likeness (QED) is 0.264. The van der Waals surface area contributed by atoms with Crippen LogP contribution in [-0.2, 0) is 32.6 Å². The van der Waals surface area contributed by atoms with E-state index in [1.54, 1.807) is 24.3 Å². The van der Waals surface area contributed by atoms with Crippen molar-refractivity contribution in [2.75, 3.05) is 24.2 Å². The fourth-order valence-electron chi connectivity index (χ4n) is 3.88. The number of nitro benzene ring substituents is 1. The first kappa shape index (κ1) is 28.8. The van der Waals surface area contributed by atoms with Crippen LogP contribution in [0.25, 0.3) is 0 Å². The number of benzene rings is 3. The Balaban J connectivity index is 2.03. The molecule has 0 aliphatic rings. The van der Waals surface area contributed by atoms with Crippen LogP contribution in [0.1, 0.15) is 11.1 Å². The van der Waals surface area contributed by atoms with Crippen LogP contribution in [0.2, 0.25) is 0 Å². The molecule has 0 fully saturated rings. The largest absolute Gasteiger partial charge is 0.357 e. The monoisotopic (exact) mass is 602 g/mol. The van der Waals surface area contributed by atoms with Gasteiger partial charge in [0.2, 0.25) is 21.8 Å². The minimum Gasteiger partial charge on any atom is -0.357 e. The number of nitrogens with zero attached hydrogens (tertiary/aromatic N) is 3. The Labute approximate surface area is 229 Å². The van der Waals surface area contributed by atoms with Crippen LogP contribution in [-0.4, -0.2) is 55.9 Å². The number of sulfonamides is 1. The van der Waals surface area contributed by atoms with E-state index >= 15 is 0 Å². The first-order valence-corrected chi connectivity index (χ1v) is 14.2. The molecule has 0 aliphatic heterocycles.